The quantitative estimate of drug-likeness (QED) is 0.661. The molecule has 0 aromatic carbocycles. The van der Waals surface area contributed by atoms with E-state index in [0.29, 0.717) is 6.42 Å². The average molecular weight is 353 g/mol. The van der Waals surface area contributed by atoms with Crippen LogP contribution < -0.4 is 0 Å². The minimum absolute atomic E-state index is 0.0415. The minimum atomic E-state index is -3.57. The first-order valence-corrected chi connectivity index (χ1v) is 11.9. The maximum Gasteiger partial charge on any atom is 0.276 e. The molecule has 0 heterocycles. The molecule has 0 spiro atoms. The van der Waals surface area contributed by atoms with E-state index in [-0.39, 0.29) is 28.0 Å². The van der Waals surface area contributed by atoms with Crippen LogP contribution in [0.15, 0.2) is 0 Å². The van der Waals surface area contributed by atoms with Crippen LogP contribution in [0.5, 0.6) is 0 Å². The van der Waals surface area contributed by atoms with Crippen LogP contribution in [0.1, 0.15) is 66.2 Å². The van der Waals surface area contributed by atoms with Crippen molar-refractivity contribution in [3.8, 4) is 0 Å². The predicted octanol–water partition coefficient (Wildman–Crippen LogP) is 4.04. The van der Waals surface area contributed by atoms with Crippen molar-refractivity contribution in [3.05, 3.63) is 0 Å². The molecule has 0 aliphatic heterocycles. The molecular formula is C16H32O4S2. The highest BCUT2D eigenvalue weighted by atomic mass is 32.3. The van der Waals surface area contributed by atoms with Crippen LogP contribution in [0, 0.1) is 5.92 Å². The molecule has 1 aliphatic rings. The van der Waals surface area contributed by atoms with Crippen LogP contribution >= 0.6 is 10.3 Å². The van der Waals surface area contributed by atoms with Crippen LogP contribution in [0.4, 0.5) is 0 Å². The highest BCUT2D eigenvalue weighted by Gasteiger charge is 2.41. The Morgan fingerprint density at radius 3 is 2.18 bits per heavy atom. The number of Topliss-reactive ketones (excluding diaryl/α,β-unsaturated/α-hetero) is 1. The van der Waals surface area contributed by atoms with Gasteiger partial charge in [0.25, 0.3) is 10.1 Å². The second-order valence-corrected chi connectivity index (χ2v) is 13.0. The zero-order valence-corrected chi connectivity index (χ0v) is 16.3. The number of carbonyl (C=O) groups is 1. The molecule has 0 bridgehead atoms. The van der Waals surface area contributed by atoms with Crippen molar-refractivity contribution in [1.29, 1.82) is 0 Å². The van der Waals surface area contributed by atoms with Gasteiger partial charge in [0, 0.05) is 10.7 Å². The third-order valence-corrected chi connectivity index (χ3v) is 10.8. The van der Waals surface area contributed by atoms with Crippen molar-refractivity contribution < 1.29 is 16.8 Å². The van der Waals surface area contributed by atoms with Gasteiger partial charge in [-0.25, -0.2) is 3.63 Å². The van der Waals surface area contributed by atoms with Crippen molar-refractivity contribution in [1.82, 2.24) is 0 Å². The Bertz CT molecular complexity index is 473. The Morgan fingerprint density at radius 2 is 1.73 bits per heavy atom. The molecule has 6 heteroatoms. The fourth-order valence-electron chi connectivity index (χ4n) is 2.56. The standard InChI is InChI=1S/C16H32O4S2/c1-6-7-12-22(18,19)20-21(5,16(2,3)4)13-15(17)14-10-8-9-11-14/h14H,6-13H2,1-5H3. The van der Waals surface area contributed by atoms with Crippen LogP contribution in [0.2, 0.25) is 0 Å². The smallest absolute Gasteiger partial charge is 0.276 e. The molecular weight excluding hydrogens is 320 g/mol. The van der Waals surface area contributed by atoms with E-state index >= 15 is 0 Å². The maximum atomic E-state index is 12.6. The monoisotopic (exact) mass is 352 g/mol. The van der Waals surface area contributed by atoms with Gasteiger partial charge in [-0.1, -0.05) is 47.0 Å². The summed E-state index contributed by atoms with van der Waals surface area (Å²) in [5, 5.41) is 0. The summed E-state index contributed by atoms with van der Waals surface area (Å²) in [4.78, 5) is 12.6. The van der Waals surface area contributed by atoms with Gasteiger partial charge in [0.05, 0.1) is 11.5 Å². The zero-order valence-electron chi connectivity index (χ0n) is 14.7. The molecule has 0 amide bonds. The van der Waals surface area contributed by atoms with E-state index in [1.807, 2.05) is 34.0 Å². The van der Waals surface area contributed by atoms with Gasteiger partial charge in [0.1, 0.15) is 5.78 Å². The average Bonchev–Trinajstić information content (AvgIpc) is 2.88. The summed E-state index contributed by atoms with van der Waals surface area (Å²) in [7, 11) is -5.59. The van der Waals surface area contributed by atoms with Gasteiger partial charge >= 0.3 is 0 Å². The molecule has 1 fully saturated rings. The van der Waals surface area contributed by atoms with Gasteiger partial charge in [-0.2, -0.15) is 8.42 Å². The van der Waals surface area contributed by atoms with Gasteiger partial charge in [-0.15, -0.1) is 10.3 Å². The molecule has 4 nitrogen and oxygen atoms in total. The Hall–Kier alpha value is -0.0700. The molecule has 0 radical (unpaired) electrons. The molecule has 22 heavy (non-hydrogen) atoms. The van der Waals surface area contributed by atoms with Crippen molar-refractivity contribution in [2.75, 3.05) is 17.8 Å². The summed E-state index contributed by atoms with van der Waals surface area (Å²) < 4.78 is 29.8. The van der Waals surface area contributed by atoms with Crippen molar-refractivity contribution >= 4 is 26.2 Å². The minimum Gasteiger partial charge on any atom is -0.298 e. The topological polar surface area (TPSA) is 60.4 Å². The second-order valence-electron chi connectivity index (χ2n) is 7.39. The van der Waals surface area contributed by atoms with Crippen LogP contribution in [-0.2, 0) is 18.5 Å². The molecule has 0 saturated heterocycles. The van der Waals surface area contributed by atoms with E-state index in [1.54, 1.807) is 0 Å². The van der Waals surface area contributed by atoms with Crippen molar-refractivity contribution in [3.63, 3.8) is 0 Å². The fraction of sp³-hybridized carbons (Fsp3) is 0.938. The van der Waals surface area contributed by atoms with Gasteiger partial charge in [0.2, 0.25) is 0 Å². The SMILES string of the molecule is CCCCS(=O)(=O)OS(C)(CC(=O)C1CCCC1)C(C)(C)C. The third-order valence-electron chi connectivity index (χ3n) is 4.53. The first-order valence-electron chi connectivity index (χ1n) is 8.23. The van der Waals surface area contributed by atoms with Gasteiger partial charge in [-0.3, -0.25) is 4.79 Å². The third kappa shape index (κ3) is 5.53. The lowest BCUT2D eigenvalue weighted by atomic mass is 10.0. The molecule has 1 saturated carbocycles. The molecule has 1 aliphatic carbocycles. The Labute approximate surface area is 138 Å². The number of carbonyl (C=O) groups excluding carboxylic acids is 1. The summed E-state index contributed by atoms with van der Waals surface area (Å²) >= 11 is 0. The van der Waals surface area contributed by atoms with E-state index in [9.17, 15) is 13.2 Å². The summed E-state index contributed by atoms with van der Waals surface area (Å²) in [5.41, 5.74) is 0. The lowest BCUT2D eigenvalue weighted by molar-refractivity contribution is -0.120. The van der Waals surface area contributed by atoms with E-state index in [1.165, 1.54) is 0 Å². The van der Waals surface area contributed by atoms with Crippen LogP contribution in [0.3, 0.4) is 0 Å². The molecule has 132 valence electrons. The van der Waals surface area contributed by atoms with Gasteiger partial charge in [-0.05, 0) is 25.5 Å². The lowest BCUT2D eigenvalue weighted by Gasteiger charge is -2.45. The predicted molar refractivity (Wildman–Crippen MR) is 94.9 cm³/mol. The molecule has 0 aromatic rings. The molecule has 1 unspecified atom stereocenters. The highest BCUT2D eigenvalue weighted by molar-refractivity contribution is 8.33. The number of hydrogen-bond acceptors (Lipinski definition) is 4. The van der Waals surface area contributed by atoms with E-state index in [0.717, 1.165) is 32.1 Å². The second kappa shape index (κ2) is 7.67. The number of hydrogen-bond donors (Lipinski definition) is 0. The van der Waals surface area contributed by atoms with Crippen molar-refractivity contribution in [2.45, 2.75) is 71.0 Å². The fourth-order valence-corrected chi connectivity index (χ4v) is 7.53. The molecule has 1 rings (SSSR count). The van der Waals surface area contributed by atoms with E-state index in [2.05, 4.69) is 0 Å². The van der Waals surface area contributed by atoms with E-state index in [4.69, 9.17) is 3.63 Å². The van der Waals surface area contributed by atoms with Crippen LogP contribution in [0.25, 0.3) is 0 Å². The largest absolute Gasteiger partial charge is 0.298 e. The number of unbranched alkanes of at least 4 members (excludes halogenated alkanes) is 1. The summed E-state index contributed by atoms with van der Waals surface area (Å²) in [6.45, 7) is 7.87. The molecule has 0 aromatic heterocycles. The van der Waals surface area contributed by atoms with E-state index < -0.39 is 20.4 Å². The Balaban J connectivity index is 2.88. The first-order chi connectivity index (χ1) is 10.0. The van der Waals surface area contributed by atoms with Gasteiger partial charge in [0.15, 0.2) is 0 Å². The Kier molecular flexibility index (Phi) is 6.96. The first kappa shape index (κ1) is 20.0. The number of rotatable bonds is 8. The molecule has 1 atom stereocenters. The summed E-state index contributed by atoms with van der Waals surface area (Å²) in [6.07, 6.45) is 7.36. The van der Waals surface area contributed by atoms with Gasteiger partial charge < -0.3 is 0 Å². The normalized spacial score (nSPS) is 21.5. The maximum absolute atomic E-state index is 12.6. The molecule has 0 N–H and O–H groups in total. The Morgan fingerprint density at radius 1 is 1.18 bits per heavy atom. The summed E-state index contributed by atoms with van der Waals surface area (Å²) in [5.74, 6) is 0.596. The zero-order chi connectivity index (χ0) is 17.0. The summed E-state index contributed by atoms with van der Waals surface area (Å²) in [6, 6.07) is 0. The number of ketones is 1. The lowest BCUT2D eigenvalue weighted by Crippen LogP contribution is -2.35. The highest BCUT2D eigenvalue weighted by Crippen LogP contribution is 2.58. The van der Waals surface area contributed by atoms with Crippen LogP contribution in [-0.4, -0.2) is 36.7 Å². The van der Waals surface area contributed by atoms with Crippen molar-refractivity contribution in [2.24, 2.45) is 5.92 Å².